The summed E-state index contributed by atoms with van der Waals surface area (Å²) in [5, 5.41) is 3.64. The van der Waals surface area contributed by atoms with Crippen molar-refractivity contribution in [2.75, 3.05) is 5.32 Å². The first kappa shape index (κ1) is 21.8. The molecule has 0 atom stereocenters. The highest BCUT2D eigenvalue weighted by atomic mass is 35.5. The summed E-state index contributed by atoms with van der Waals surface area (Å²) >= 11 is 6.25. The highest BCUT2D eigenvalue weighted by Crippen LogP contribution is 2.33. The molecule has 0 unspecified atom stereocenters. The van der Waals surface area contributed by atoms with Crippen molar-refractivity contribution < 1.29 is 14.0 Å². The minimum Gasteiger partial charge on any atom is -0.350 e. The molecule has 0 aromatic heterocycles. The molecule has 0 fully saturated rings. The number of nitrogens with zero attached hydrogens (tertiary/aromatic N) is 1. The van der Waals surface area contributed by atoms with Gasteiger partial charge in [0.15, 0.2) is 0 Å². The van der Waals surface area contributed by atoms with Crippen LogP contribution < -0.4 is 5.32 Å². The van der Waals surface area contributed by atoms with Crippen LogP contribution >= 0.6 is 11.6 Å². The minimum atomic E-state index is -0.511. The number of aryl methyl sites for hydroxylation is 3. The first-order valence-corrected chi connectivity index (χ1v) is 10.6. The molecule has 1 heterocycles. The zero-order chi connectivity index (χ0) is 23.0. The van der Waals surface area contributed by atoms with Crippen LogP contribution in [0.5, 0.6) is 0 Å². The van der Waals surface area contributed by atoms with Crippen molar-refractivity contribution >= 4 is 34.7 Å². The van der Waals surface area contributed by atoms with Gasteiger partial charge in [-0.1, -0.05) is 54.1 Å². The zero-order valence-electron chi connectivity index (χ0n) is 18.0. The van der Waals surface area contributed by atoms with Crippen molar-refractivity contribution in [2.24, 2.45) is 0 Å². The summed E-state index contributed by atoms with van der Waals surface area (Å²) in [6, 6.07) is 17.1. The van der Waals surface area contributed by atoms with Gasteiger partial charge in [0.25, 0.3) is 11.8 Å². The Hall–Kier alpha value is -3.44. The van der Waals surface area contributed by atoms with Crippen molar-refractivity contribution in [3.05, 3.63) is 105 Å². The molecule has 1 aliphatic rings. The summed E-state index contributed by atoms with van der Waals surface area (Å²) in [5.74, 6) is -1.45. The molecule has 162 valence electrons. The van der Waals surface area contributed by atoms with Crippen LogP contribution in [0.25, 0.3) is 5.57 Å². The van der Waals surface area contributed by atoms with E-state index in [0.717, 1.165) is 21.6 Å². The molecule has 0 aliphatic carbocycles. The van der Waals surface area contributed by atoms with E-state index in [-0.39, 0.29) is 23.4 Å². The molecule has 0 saturated heterocycles. The average Bonchev–Trinajstić information content (AvgIpc) is 2.98. The van der Waals surface area contributed by atoms with Crippen molar-refractivity contribution in [1.82, 2.24) is 4.90 Å². The number of carbonyl (C=O) groups is 2. The fourth-order valence-corrected chi connectivity index (χ4v) is 3.79. The van der Waals surface area contributed by atoms with Gasteiger partial charge in [0.2, 0.25) is 0 Å². The third kappa shape index (κ3) is 4.04. The van der Waals surface area contributed by atoms with Gasteiger partial charge in [0, 0.05) is 16.3 Å². The monoisotopic (exact) mass is 448 g/mol. The third-order valence-corrected chi connectivity index (χ3v) is 6.10. The van der Waals surface area contributed by atoms with E-state index in [1.165, 1.54) is 6.07 Å². The van der Waals surface area contributed by atoms with Crippen LogP contribution in [0.1, 0.15) is 27.8 Å². The topological polar surface area (TPSA) is 49.4 Å². The van der Waals surface area contributed by atoms with Crippen LogP contribution in [0.15, 0.2) is 66.4 Å². The summed E-state index contributed by atoms with van der Waals surface area (Å²) in [4.78, 5) is 27.8. The second-order valence-electron chi connectivity index (χ2n) is 7.93. The van der Waals surface area contributed by atoms with E-state index >= 15 is 0 Å². The Morgan fingerprint density at radius 2 is 1.59 bits per heavy atom. The highest BCUT2D eigenvalue weighted by Gasteiger charge is 2.39. The van der Waals surface area contributed by atoms with Gasteiger partial charge in [0.1, 0.15) is 11.5 Å². The standard InChI is InChI=1S/C26H22ClFN2O2/c1-15-8-10-18(12-17(15)3)23-24(29-20-11-9-16(2)21(27)13-20)26(32)30(25(23)31)14-19-6-4-5-7-22(19)28/h4-13,29H,14H2,1-3H3. The summed E-state index contributed by atoms with van der Waals surface area (Å²) < 4.78 is 14.2. The van der Waals surface area contributed by atoms with Gasteiger partial charge in [-0.3, -0.25) is 14.5 Å². The number of rotatable bonds is 5. The number of hydrogen-bond acceptors (Lipinski definition) is 3. The molecular weight excluding hydrogens is 427 g/mol. The van der Waals surface area contributed by atoms with Crippen LogP contribution in [0, 0.1) is 26.6 Å². The minimum absolute atomic E-state index is 0.148. The van der Waals surface area contributed by atoms with E-state index in [4.69, 9.17) is 11.6 Å². The molecule has 6 heteroatoms. The molecule has 0 bridgehead atoms. The molecule has 32 heavy (non-hydrogen) atoms. The quantitative estimate of drug-likeness (QED) is 0.502. The van der Waals surface area contributed by atoms with E-state index in [9.17, 15) is 14.0 Å². The van der Waals surface area contributed by atoms with E-state index in [2.05, 4.69) is 5.32 Å². The molecular formula is C26H22ClFN2O2. The molecule has 4 nitrogen and oxygen atoms in total. The Labute approximate surface area is 191 Å². The number of anilines is 1. The molecule has 1 N–H and O–H groups in total. The lowest BCUT2D eigenvalue weighted by Gasteiger charge is -2.16. The van der Waals surface area contributed by atoms with Crippen LogP contribution in [0.4, 0.5) is 10.1 Å². The Bertz CT molecular complexity index is 1280. The maximum atomic E-state index is 14.2. The maximum absolute atomic E-state index is 14.2. The lowest BCUT2D eigenvalue weighted by molar-refractivity contribution is -0.137. The Morgan fingerprint density at radius 1 is 0.875 bits per heavy atom. The van der Waals surface area contributed by atoms with Gasteiger partial charge in [-0.15, -0.1) is 0 Å². The van der Waals surface area contributed by atoms with Gasteiger partial charge in [-0.05, 0) is 61.2 Å². The van der Waals surface area contributed by atoms with Gasteiger partial charge >= 0.3 is 0 Å². The summed E-state index contributed by atoms with van der Waals surface area (Å²) in [6.45, 7) is 5.66. The summed E-state index contributed by atoms with van der Waals surface area (Å²) in [7, 11) is 0. The first-order chi connectivity index (χ1) is 15.3. The van der Waals surface area contributed by atoms with Crippen molar-refractivity contribution in [2.45, 2.75) is 27.3 Å². The lowest BCUT2D eigenvalue weighted by Crippen LogP contribution is -2.32. The van der Waals surface area contributed by atoms with Crippen molar-refractivity contribution in [3.8, 4) is 0 Å². The lowest BCUT2D eigenvalue weighted by atomic mass is 9.99. The van der Waals surface area contributed by atoms with Crippen molar-refractivity contribution in [1.29, 1.82) is 0 Å². The summed E-state index contributed by atoms with van der Waals surface area (Å²) in [5.41, 5.74) is 4.87. The molecule has 1 aliphatic heterocycles. The molecule has 3 aromatic carbocycles. The van der Waals surface area contributed by atoms with Gasteiger partial charge in [-0.25, -0.2) is 4.39 Å². The Kier molecular flexibility index (Phi) is 5.85. The van der Waals surface area contributed by atoms with Crippen LogP contribution in [-0.4, -0.2) is 16.7 Å². The second-order valence-corrected chi connectivity index (χ2v) is 8.33. The van der Waals surface area contributed by atoms with E-state index < -0.39 is 17.6 Å². The van der Waals surface area contributed by atoms with E-state index in [1.54, 1.807) is 30.3 Å². The van der Waals surface area contributed by atoms with E-state index in [1.807, 2.05) is 45.0 Å². The third-order valence-electron chi connectivity index (χ3n) is 5.69. The summed E-state index contributed by atoms with van der Waals surface area (Å²) in [6.07, 6.45) is 0. The fraction of sp³-hybridized carbons (Fsp3) is 0.154. The molecule has 0 spiro atoms. The predicted molar refractivity (Wildman–Crippen MR) is 125 cm³/mol. The maximum Gasteiger partial charge on any atom is 0.278 e. The number of amides is 2. The number of nitrogens with one attached hydrogen (secondary N) is 1. The van der Waals surface area contributed by atoms with E-state index in [0.29, 0.717) is 16.3 Å². The number of imide groups is 1. The number of carbonyl (C=O) groups excluding carboxylic acids is 2. The molecule has 4 rings (SSSR count). The first-order valence-electron chi connectivity index (χ1n) is 10.2. The molecule has 0 radical (unpaired) electrons. The van der Waals surface area contributed by atoms with Crippen LogP contribution in [-0.2, 0) is 16.1 Å². The highest BCUT2D eigenvalue weighted by molar-refractivity contribution is 6.36. The normalized spacial score (nSPS) is 13.8. The predicted octanol–water partition coefficient (Wildman–Crippen LogP) is 5.80. The largest absolute Gasteiger partial charge is 0.350 e. The molecule has 0 saturated carbocycles. The van der Waals surface area contributed by atoms with Crippen LogP contribution in [0.2, 0.25) is 5.02 Å². The zero-order valence-corrected chi connectivity index (χ0v) is 18.8. The molecule has 3 aromatic rings. The SMILES string of the molecule is Cc1ccc(C2=C(Nc3ccc(C)c(Cl)c3)C(=O)N(Cc3ccccc3F)C2=O)cc1C. The number of hydrogen-bond donors (Lipinski definition) is 1. The Balaban J connectivity index is 1.79. The molecule has 2 amide bonds. The van der Waals surface area contributed by atoms with Gasteiger partial charge in [0.05, 0.1) is 12.1 Å². The number of halogens is 2. The van der Waals surface area contributed by atoms with Gasteiger partial charge in [-0.2, -0.15) is 0 Å². The fourth-order valence-electron chi connectivity index (χ4n) is 3.61. The number of benzene rings is 3. The smallest absolute Gasteiger partial charge is 0.278 e. The Morgan fingerprint density at radius 3 is 2.28 bits per heavy atom. The van der Waals surface area contributed by atoms with Crippen molar-refractivity contribution in [3.63, 3.8) is 0 Å². The second kappa shape index (κ2) is 8.60. The van der Waals surface area contributed by atoms with Crippen LogP contribution in [0.3, 0.4) is 0 Å². The average molecular weight is 449 g/mol. The van der Waals surface area contributed by atoms with Gasteiger partial charge < -0.3 is 5.32 Å².